The highest BCUT2D eigenvalue weighted by Gasteiger charge is 2.35. The molecule has 2 aliphatic rings. The van der Waals surface area contributed by atoms with Gasteiger partial charge in [0.05, 0.1) is 0 Å². The average Bonchev–Trinajstić information content (AvgIpc) is 3.65. The van der Waals surface area contributed by atoms with E-state index in [1.165, 1.54) is 6.07 Å². The molecule has 0 unspecified atom stereocenters. The number of nitrogens with zero attached hydrogens (tertiary/aromatic N) is 4. The Kier molecular flexibility index (Phi) is 6.54. The first-order chi connectivity index (χ1) is 15.0. The smallest absolute Gasteiger partial charge is 0.225 e. The molecular weight excluding hydrogens is 391 g/mol. The number of aromatic nitrogens is 2. The molecule has 1 atom stereocenters. The number of anilines is 1. The van der Waals surface area contributed by atoms with Crippen molar-refractivity contribution in [2.75, 3.05) is 31.1 Å². The molecule has 2 fully saturated rings. The lowest BCUT2D eigenvalue weighted by molar-refractivity contribution is -0.132. The summed E-state index contributed by atoms with van der Waals surface area (Å²) in [7, 11) is 0. The summed E-state index contributed by atoms with van der Waals surface area (Å²) in [5, 5.41) is 0. The highest BCUT2D eigenvalue weighted by molar-refractivity contribution is 5.81. The van der Waals surface area contributed by atoms with Crippen LogP contribution in [0.25, 0.3) is 0 Å². The summed E-state index contributed by atoms with van der Waals surface area (Å²) in [4.78, 5) is 26.7. The molecule has 1 saturated heterocycles. The monoisotopic (exact) mass is 424 g/mol. The number of benzene rings is 1. The van der Waals surface area contributed by atoms with Gasteiger partial charge in [-0.25, -0.2) is 14.4 Å². The maximum atomic E-state index is 14.5. The molecule has 1 aliphatic carbocycles. The Balaban J connectivity index is 1.66. The minimum atomic E-state index is -0.193. The standard InChI is InChI=1S/C25H33FN4O/c1-4-17(3)23-27-22(5-2)20(16-19-8-6-7-9-21(19)26)24(28-23)29-12-14-30(15-13-29)25(31)18-10-11-18/h6-9,17-18H,4-5,10-16H2,1-3H3/t17-/m0/s1. The zero-order valence-corrected chi connectivity index (χ0v) is 18.9. The number of amides is 1. The summed E-state index contributed by atoms with van der Waals surface area (Å²) in [5.41, 5.74) is 2.68. The van der Waals surface area contributed by atoms with E-state index in [9.17, 15) is 9.18 Å². The number of hydrogen-bond acceptors (Lipinski definition) is 4. The molecule has 1 aromatic carbocycles. The van der Waals surface area contributed by atoms with Crippen molar-refractivity contribution in [1.29, 1.82) is 0 Å². The number of rotatable bonds is 7. The molecule has 31 heavy (non-hydrogen) atoms. The molecule has 5 nitrogen and oxygen atoms in total. The number of carbonyl (C=O) groups excluding carboxylic acids is 1. The molecule has 0 spiro atoms. The Bertz CT molecular complexity index is 935. The number of halogens is 1. The maximum absolute atomic E-state index is 14.5. The molecule has 2 heterocycles. The fourth-order valence-electron chi connectivity index (χ4n) is 4.23. The van der Waals surface area contributed by atoms with Crippen LogP contribution in [-0.2, 0) is 17.6 Å². The van der Waals surface area contributed by atoms with Gasteiger partial charge in [0.2, 0.25) is 5.91 Å². The van der Waals surface area contributed by atoms with E-state index in [1.54, 1.807) is 6.07 Å². The van der Waals surface area contributed by atoms with Crippen LogP contribution in [0.1, 0.15) is 68.6 Å². The van der Waals surface area contributed by atoms with Crippen LogP contribution < -0.4 is 4.90 Å². The van der Waals surface area contributed by atoms with Gasteiger partial charge < -0.3 is 9.80 Å². The van der Waals surface area contributed by atoms with Crippen molar-refractivity contribution in [3.05, 3.63) is 52.7 Å². The van der Waals surface area contributed by atoms with E-state index < -0.39 is 0 Å². The molecule has 0 radical (unpaired) electrons. The first-order valence-electron chi connectivity index (χ1n) is 11.7. The molecule has 6 heteroatoms. The van der Waals surface area contributed by atoms with Crippen LogP contribution in [0.2, 0.25) is 0 Å². The van der Waals surface area contributed by atoms with E-state index in [1.807, 2.05) is 17.0 Å². The predicted octanol–water partition coefficient (Wildman–Crippen LogP) is 4.34. The molecule has 0 bridgehead atoms. The van der Waals surface area contributed by atoms with Gasteiger partial charge in [0.15, 0.2) is 0 Å². The zero-order valence-electron chi connectivity index (χ0n) is 18.9. The molecule has 1 amide bonds. The molecule has 1 aromatic heterocycles. The van der Waals surface area contributed by atoms with Gasteiger partial charge in [-0.3, -0.25) is 4.79 Å². The van der Waals surface area contributed by atoms with Gasteiger partial charge in [-0.15, -0.1) is 0 Å². The first kappa shape index (κ1) is 21.7. The SMILES string of the molecule is CCc1nc([C@@H](C)CC)nc(N2CCN(C(=O)C3CC3)CC2)c1Cc1ccccc1F. The van der Waals surface area contributed by atoms with Crippen molar-refractivity contribution in [3.8, 4) is 0 Å². The van der Waals surface area contributed by atoms with Crippen molar-refractivity contribution in [2.24, 2.45) is 5.92 Å². The summed E-state index contributed by atoms with van der Waals surface area (Å²) in [6, 6.07) is 6.95. The Hall–Kier alpha value is -2.50. The van der Waals surface area contributed by atoms with Crippen LogP contribution in [0.4, 0.5) is 10.2 Å². The van der Waals surface area contributed by atoms with Crippen molar-refractivity contribution in [1.82, 2.24) is 14.9 Å². The van der Waals surface area contributed by atoms with Crippen molar-refractivity contribution >= 4 is 11.7 Å². The van der Waals surface area contributed by atoms with E-state index >= 15 is 0 Å². The largest absolute Gasteiger partial charge is 0.353 e. The van der Waals surface area contributed by atoms with E-state index in [0.717, 1.165) is 74.8 Å². The van der Waals surface area contributed by atoms with Gasteiger partial charge in [-0.2, -0.15) is 0 Å². The molecule has 4 rings (SSSR count). The Labute approximate surface area is 184 Å². The van der Waals surface area contributed by atoms with Crippen LogP contribution in [0.3, 0.4) is 0 Å². The lowest BCUT2D eigenvalue weighted by Gasteiger charge is -2.37. The minimum absolute atomic E-state index is 0.193. The normalized spacial score (nSPS) is 17.7. The van der Waals surface area contributed by atoms with E-state index in [2.05, 4.69) is 25.7 Å². The van der Waals surface area contributed by atoms with Crippen molar-refractivity contribution in [3.63, 3.8) is 0 Å². The molecule has 166 valence electrons. The van der Waals surface area contributed by atoms with Crippen LogP contribution >= 0.6 is 0 Å². The highest BCUT2D eigenvalue weighted by Crippen LogP contribution is 2.32. The molecule has 0 N–H and O–H groups in total. The lowest BCUT2D eigenvalue weighted by atomic mass is 10.00. The quantitative estimate of drug-likeness (QED) is 0.663. The lowest BCUT2D eigenvalue weighted by Crippen LogP contribution is -2.50. The number of piperazine rings is 1. The zero-order chi connectivity index (χ0) is 22.0. The fraction of sp³-hybridized carbons (Fsp3) is 0.560. The Morgan fingerprint density at radius 1 is 1.13 bits per heavy atom. The second-order valence-electron chi connectivity index (χ2n) is 8.85. The van der Waals surface area contributed by atoms with Gasteiger partial charge >= 0.3 is 0 Å². The van der Waals surface area contributed by atoms with E-state index in [4.69, 9.17) is 9.97 Å². The van der Waals surface area contributed by atoms with E-state index in [0.29, 0.717) is 17.9 Å². The third-order valence-electron chi connectivity index (χ3n) is 6.62. The second kappa shape index (κ2) is 9.33. The first-order valence-corrected chi connectivity index (χ1v) is 11.7. The summed E-state index contributed by atoms with van der Waals surface area (Å²) >= 11 is 0. The van der Waals surface area contributed by atoms with Crippen molar-refractivity contribution < 1.29 is 9.18 Å². The van der Waals surface area contributed by atoms with E-state index in [-0.39, 0.29) is 17.7 Å². The van der Waals surface area contributed by atoms with Gasteiger partial charge in [0, 0.05) is 55.7 Å². The summed E-state index contributed by atoms with van der Waals surface area (Å²) in [6.45, 7) is 9.35. The fourth-order valence-corrected chi connectivity index (χ4v) is 4.23. The third-order valence-corrected chi connectivity index (χ3v) is 6.62. The van der Waals surface area contributed by atoms with Crippen LogP contribution in [0, 0.1) is 11.7 Å². The number of hydrogen-bond donors (Lipinski definition) is 0. The highest BCUT2D eigenvalue weighted by atomic mass is 19.1. The van der Waals surface area contributed by atoms with Crippen LogP contribution in [-0.4, -0.2) is 47.0 Å². The van der Waals surface area contributed by atoms with Gasteiger partial charge in [0.25, 0.3) is 0 Å². The maximum Gasteiger partial charge on any atom is 0.225 e. The predicted molar refractivity (Wildman–Crippen MR) is 121 cm³/mol. The average molecular weight is 425 g/mol. The summed E-state index contributed by atoms with van der Waals surface area (Å²) in [6.07, 6.45) is 4.31. The topological polar surface area (TPSA) is 49.3 Å². The summed E-state index contributed by atoms with van der Waals surface area (Å²) < 4.78 is 14.5. The molecule has 1 aliphatic heterocycles. The number of carbonyl (C=O) groups is 1. The molecule has 1 saturated carbocycles. The third kappa shape index (κ3) is 4.73. The summed E-state index contributed by atoms with van der Waals surface area (Å²) in [5.74, 6) is 2.42. The Morgan fingerprint density at radius 2 is 1.84 bits per heavy atom. The van der Waals surface area contributed by atoms with Gasteiger partial charge in [-0.1, -0.05) is 39.0 Å². The van der Waals surface area contributed by atoms with Crippen molar-refractivity contribution in [2.45, 2.75) is 58.8 Å². The second-order valence-corrected chi connectivity index (χ2v) is 8.85. The van der Waals surface area contributed by atoms with Crippen LogP contribution in [0.15, 0.2) is 24.3 Å². The van der Waals surface area contributed by atoms with Crippen LogP contribution in [0.5, 0.6) is 0 Å². The van der Waals surface area contributed by atoms with Gasteiger partial charge in [-0.05, 0) is 37.3 Å². The van der Waals surface area contributed by atoms with Gasteiger partial charge in [0.1, 0.15) is 17.5 Å². The molecular formula is C25H33FN4O. The Morgan fingerprint density at radius 3 is 2.45 bits per heavy atom. The minimum Gasteiger partial charge on any atom is -0.353 e. The molecule has 2 aromatic rings. The number of aryl methyl sites for hydroxylation is 1.